The first-order valence-corrected chi connectivity index (χ1v) is 6.49. The molecule has 0 spiro atoms. The van der Waals surface area contributed by atoms with Gasteiger partial charge in [-0.05, 0) is 13.0 Å². The van der Waals surface area contributed by atoms with E-state index >= 15 is 0 Å². The van der Waals surface area contributed by atoms with E-state index in [0.29, 0.717) is 31.1 Å². The maximum atomic E-state index is 12.8. The number of hydrogen-bond acceptors (Lipinski definition) is 5. The second-order valence-electron chi connectivity index (χ2n) is 4.68. The molecule has 0 saturated carbocycles. The lowest BCUT2D eigenvalue weighted by atomic mass is 10.1. The fraction of sp³-hybridized carbons (Fsp3) is 0.357. The van der Waals surface area contributed by atoms with Crippen LogP contribution in [0.15, 0.2) is 24.5 Å². The van der Waals surface area contributed by atoms with E-state index in [1.165, 1.54) is 6.20 Å². The Labute approximate surface area is 115 Å². The Balaban J connectivity index is 1.89. The largest absolute Gasteiger partial charge is 0.462 e. The predicted molar refractivity (Wildman–Crippen MR) is 72.6 cm³/mol. The molecule has 3 rings (SSSR count). The van der Waals surface area contributed by atoms with E-state index < -0.39 is 12.1 Å². The Morgan fingerprint density at radius 2 is 2.20 bits per heavy atom. The molecule has 0 amide bonds. The van der Waals surface area contributed by atoms with E-state index in [2.05, 4.69) is 9.97 Å². The van der Waals surface area contributed by atoms with Crippen molar-refractivity contribution in [3.63, 3.8) is 0 Å². The Morgan fingerprint density at radius 1 is 1.40 bits per heavy atom. The third-order valence-electron chi connectivity index (χ3n) is 3.22. The van der Waals surface area contributed by atoms with Crippen molar-refractivity contribution in [3.8, 4) is 0 Å². The Morgan fingerprint density at radius 3 is 2.90 bits per heavy atom. The minimum atomic E-state index is -0.772. The van der Waals surface area contributed by atoms with Gasteiger partial charge in [0.15, 0.2) is 0 Å². The zero-order chi connectivity index (χ0) is 14.1. The highest BCUT2D eigenvalue weighted by Crippen LogP contribution is 2.23. The Kier molecular flexibility index (Phi) is 3.22. The molecule has 20 heavy (non-hydrogen) atoms. The molecule has 6 heteroatoms. The van der Waals surface area contributed by atoms with Gasteiger partial charge in [-0.25, -0.2) is 14.2 Å². The van der Waals surface area contributed by atoms with Gasteiger partial charge in [-0.2, -0.15) is 0 Å². The van der Waals surface area contributed by atoms with Gasteiger partial charge in [-0.1, -0.05) is 0 Å². The average Bonchev–Trinajstić information content (AvgIpc) is 2.43. The molecule has 0 aromatic carbocycles. The summed E-state index contributed by atoms with van der Waals surface area (Å²) in [7, 11) is 0. The number of pyridine rings is 2. The summed E-state index contributed by atoms with van der Waals surface area (Å²) in [6.07, 6.45) is 2.36. The van der Waals surface area contributed by atoms with Gasteiger partial charge in [0, 0.05) is 23.8 Å². The van der Waals surface area contributed by atoms with Gasteiger partial charge < -0.3 is 9.64 Å². The standard InChI is InChI=1S/C14H14FN3O2/c1-2-20-14(19)10-3-9-5-17-13(4-12(9)16-6-10)18-7-11(15)8-18/h3-6,11H,2,7-8H2,1H3. The van der Waals surface area contributed by atoms with Crippen LogP contribution in [0.5, 0.6) is 0 Å². The summed E-state index contributed by atoms with van der Waals surface area (Å²) >= 11 is 0. The molecule has 1 saturated heterocycles. The first-order chi connectivity index (χ1) is 9.67. The molecule has 0 atom stereocenters. The lowest BCUT2D eigenvalue weighted by Gasteiger charge is -2.35. The summed E-state index contributed by atoms with van der Waals surface area (Å²) in [5, 5.41) is 0.761. The minimum absolute atomic E-state index is 0.327. The number of rotatable bonds is 3. The van der Waals surface area contributed by atoms with Crippen LogP contribution in [0.1, 0.15) is 17.3 Å². The van der Waals surface area contributed by atoms with Crippen LogP contribution in [-0.4, -0.2) is 41.8 Å². The van der Waals surface area contributed by atoms with Crippen LogP contribution in [0.2, 0.25) is 0 Å². The average molecular weight is 275 g/mol. The summed E-state index contributed by atoms with van der Waals surface area (Å²) in [6.45, 7) is 2.83. The van der Waals surface area contributed by atoms with E-state index in [9.17, 15) is 9.18 Å². The predicted octanol–water partition coefficient (Wildman–Crippen LogP) is 1.96. The number of fused-ring (bicyclic) bond motifs is 1. The van der Waals surface area contributed by atoms with Crippen molar-refractivity contribution in [3.05, 3.63) is 30.1 Å². The van der Waals surface area contributed by atoms with Crippen LogP contribution in [0.25, 0.3) is 10.9 Å². The zero-order valence-electron chi connectivity index (χ0n) is 11.0. The fourth-order valence-electron chi connectivity index (χ4n) is 2.12. The maximum Gasteiger partial charge on any atom is 0.339 e. The minimum Gasteiger partial charge on any atom is -0.462 e. The molecule has 3 heterocycles. The number of halogens is 1. The van der Waals surface area contributed by atoms with Gasteiger partial charge in [0.05, 0.1) is 30.8 Å². The van der Waals surface area contributed by atoms with Gasteiger partial charge in [0.25, 0.3) is 0 Å². The van der Waals surface area contributed by atoms with Crippen LogP contribution < -0.4 is 4.90 Å². The Bertz CT molecular complexity index is 656. The third-order valence-corrected chi connectivity index (χ3v) is 3.22. The first kappa shape index (κ1) is 12.8. The molecule has 1 fully saturated rings. The number of anilines is 1. The summed E-state index contributed by atoms with van der Waals surface area (Å²) < 4.78 is 17.8. The highest BCUT2D eigenvalue weighted by molar-refractivity contribution is 5.93. The van der Waals surface area contributed by atoms with Crippen LogP contribution in [0, 0.1) is 0 Å². The van der Waals surface area contributed by atoms with Crippen LogP contribution in [-0.2, 0) is 4.74 Å². The van der Waals surface area contributed by atoms with Gasteiger partial charge in [0.2, 0.25) is 0 Å². The third kappa shape index (κ3) is 2.29. The number of aromatic nitrogens is 2. The molecule has 5 nitrogen and oxygen atoms in total. The van der Waals surface area contributed by atoms with Gasteiger partial charge >= 0.3 is 5.97 Å². The normalized spacial score (nSPS) is 15.2. The number of ether oxygens (including phenoxy) is 1. The number of nitrogens with zero attached hydrogens (tertiary/aromatic N) is 3. The molecule has 0 bridgehead atoms. The van der Waals surface area contributed by atoms with Crippen LogP contribution in [0.3, 0.4) is 0 Å². The SMILES string of the molecule is CCOC(=O)c1cnc2cc(N3CC(F)C3)ncc2c1. The molecule has 2 aromatic heterocycles. The number of alkyl halides is 1. The van der Waals surface area contributed by atoms with Crippen molar-refractivity contribution in [2.75, 3.05) is 24.6 Å². The topological polar surface area (TPSA) is 55.3 Å². The van der Waals surface area contributed by atoms with Gasteiger partial charge in [0.1, 0.15) is 12.0 Å². The summed E-state index contributed by atoms with van der Waals surface area (Å²) in [6, 6.07) is 3.50. The zero-order valence-corrected chi connectivity index (χ0v) is 11.0. The molecule has 2 aromatic rings. The van der Waals surface area contributed by atoms with Gasteiger partial charge in [-0.15, -0.1) is 0 Å². The van der Waals surface area contributed by atoms with Gasteiger partial charge in [-0.3, -0.25) is 4.98 Å². The molecule has 0 radical (unpaired) electrons. The molecule has 0 N–H and O–H groups in total. The smallest absolute Gasteiger partial charge is 0.339 e. The number of esters is 1. The molecule has 0 unspecified atom stereocenters. The quantitative estimate of drug-likeness (QED) is 0.801. The molecule has 1 aliphatic rings. The molecular formula is C14H14FN3O2. The molecule has 104 valence electrons. The summed E-state index contributed by atoms with van der Waals surface area (Å²) in [5.74, 6) is 0.316. The summed E-state index contributed by atoms with van der Waals surface area (Å²) in [4.78, 5) is 22.0. The van der Waals surface area contributed by atoms with Crippen molar-refractivity contribution < 1.29 is 13.9 Å². The first-order valence-electron chi connectivity index (χ1n) is 6.49. The summed E-state index contributed by atoms with van der Waals surface area (Å²) in [5.41, 5.74) is 1.13. The second kappa shape index (κ2) is 5.03. The van der Waals surface area contributed by atoms with E-state index in [4.69, 9.17) is 4.74 Å². The molecule has 0 aliphatic carbocycles. The van der Waals surface area contributed by atoms with E-state index in [0.717, 1.165) is 10.9 Å². The second-order valence-corrected chi connectivity index (χ2v) is 4.68. The molecule has 1 aliphatic heterocycles. The van der Waals surface area contributed by atoms with E-state index in [1.54, 1.807) is 25.3 Å². The molecular weight excluding hydrogens is 261 g/mol. The highest BCUT2D eigenvalue weighted by atomic mass is 19.1. The van der Waals surface area contributed by atoms with Crippen molar-refractivity contribution in [2.45, 2.75) is 13.1 Å². The lowest BCUT2D eigenvalue weighted by molar-refractivity contribution is 0.0526. The Hall–Kier alpha value is -2.24. The number of hydrogen-bond donors (Lipinski definition) is 0. The van der Waals surface area contributed by atoms with Crippen LogP contribution >= 0.6 is 0 Å². The lowest BCUT2D eigenvalue weighted by Crippen LogP contribution is -2.48. The monoisotopic (exact) mass is 275 g/mol. The van der Waals surface area contributed by atoms with E-state index in [1.807, 2.05) is 4.90 Å². The van der Waals surface area contributed by atoms with Crippen molar-refractivity contribution >= 4 is 22.7 Å². The van der Waals surface area contributed by atoms with Crippen LogP contribution in [0.4, 0.5) is 10.2 Å². The fourth-order valence-corrected chi connectivity index (χ4v) is 2.12. The number of carbonyl (C=O) groups excluding carboxylic acids is 1. The maximum absolute atomic E-state index is 12.8. The van der Waals surface area contributed by atoms with Crippen molar-refractivity contribution in [1.29, 1.82) is 0 Å². The van der Waals surface area contributed by atoms with Crippen molar-refractivity contribution in [2.24, 2.45) is 0 Å². The number of carbonyl (C=O) groups is 1. The van der Waals surface area contributed by atoms with Crippen molar-refractivity contribution in [1.82, 2.24) is 9.97 Å². The highest BCUT2D eigenvalue weighted by Gasteiger charge is 2.27. The van der Waals surface area contributed by atoms with E-state index in [-0.39, 0.29) is 0 Å².